The van der Waals surface area contributed by atoms with E-state index in [2.05, 4.69) is 25.3 Å². The number of benzene rings is 1. The fraction of sp³-hybridized carbons (Fsp3) is 0.0833. The molecule has 0 radical (unpaired) electrons. The predicted molar refractivity (Wildman–Crippen MR) is 125 cm³/mol. The molecule has 8 nitrogen and oxygen atoms in total. The maximum absolute atomic E-state index is 14.8. The van der Waals surface area contributed by atoms with Crippen LogP contribution in [0, 0.1) is 5.82 Å². The Labute approximate surface area is 188 Å². The zero-order chi connectivity index (χ0) is 22.9. The molecule has 0 atom stereocenters. The van der Waals surface area contributed by atoms with Gasteiger partial charge in [0.1, 0.15) is 5.65 Å². The van der Waals surface area contributed by atoms with E-state index in [9.17, 15) is 9.18 Å². The molecule has 1 amide bonds. The Morgan fingerprint density at radius 1 is 1.09 bits per heavy atom. The summed E-state index contributed by atoms with van der Waals surface area (Å²) in [6.45, 7) is 0. The van der Waals surface area contributed by atoms with Gasteiger partial charge in [-0.15, -0.1) is 0 Å². The van der Waals surface area contributed by atoms with Gasteiger partial charge in [-0.25, -0.2) is 14.2 Å². The fourth-order valence-electron chi connectivity index (χ4n) is 3.56. The molecule has 5 rings (SSSR count). The van der Waals surface area contributed by atoms with Gasteiger partial charge in [-0.1, -0.05) is 0 Å². The fourth-order valence-corrected chi connectivity index (χ4v) is 3.56. The van der Waals surface area contributed by atoms with Crippen molar-refractivity contribution in [3.63, 3.8) is 0 Å². The third-order valence-corrected chi connectivity index (χ3v) is 5.20. The largest absolute Gasteiger partial charge is 0.417 e. The minimum absolute atomic E-state index is 0.211. The average Bonchev–Trinajstić information content (AvgIpc) is 3.20. The number of H-pyrrole nitrogens is 1. The Morgan fingerprint density at radius 3 is 2.64 bits per heavy atom. The highest BCUT2D eigenvalue weighted by atomic mass is 19.1. The number of amides is 1. The van der Waals surface area contributed by atoms with Gasteiger partial charge >= 0.3 is 6.09 Å². The molecule has 4 aromatic heterocycles. The van der Waals surface area contributed by atoms with Gasteiger partial charge in [-0.3, -0.25) is 15.3 Å². The summed E-state index contributed by atoms with van der Waals surface area (Å²) in [7, 11) is 3.84. The molecule has 0 unspecified atom stereocenters. The van der Waals surface area contributed by atoms with Gasteiger partial charge in [-0.2, -0.15) is 0 Å². The summed E-state index contributed by atoms with van der Waals surface area (Å²) in [5.74, 6) is -0.960. The van der Waals surface area contributed by atoms with Gasteiger partial charge in [0, 0.05) is 48.8 Å². The first-order valence-electron chi connectivity index (χ1n) is 10.1. The summed E-state index contributed by atoms with van der Waals surface area (Å²) < 4.78 is 20.2. The number of nitrogens with one attached hydrogen (secondary N) is 2. The van der Waals surface area contributed by atoms with Crippen molar-refractivity contribution in [2.75, 3.05) is 24.3 Å². The van der Waals surface area contributed by atoms with E-state index >= 15 is 0 Å². The lowest BCUT2D eigenvalue weighted by Gasteiger charge is -2.13. The van der Waals surface area contributed by atoms with Crippen molar-refractivity contribution in [1.29, 1.82) is 0 Å². The molecule has 5 aromatic rings. The van der Waals surface area contributed by atoms with Crippen molar-refractivity contribution in [2.45, 2.75) is 0 Å². The third kappa shape index (κ3) is 3.91. The number of carbonyl (C=O) groups excluding carboxylic acids is 1. The number of hydrogen-bond donors (Lipinski definition) is 2. The Bertz CT molecular complexity index is 1470. The average molecular weight is 442 g/mol. The molecule has 0 saturated carbocycles. The second kappa shape index (κ2) is 8.19. The van der Waals surface area contributed by atoms with Crippen LogP contribution in [-0.2, 0) is 0 Å². The minimum atomic E-state index is -0.810. The monoisotopic (exact) mass is 442 g/mol. The number of anilines is 2. The lowest BCUT2D eigenvalue weighted by Crippen LogP contribution is -2.17. The van der Waals surface area contributed by atoms with Gasteiger partial charge in [0.25, 0.3) is 0 Å². The number of halogens is 1. The molecule has 1 aromatic carbocycles. The number of rotatable bonds is 4. The van der Waals surface area contributed by atoms with E-state index in [-0.39, 0.29) is 5.75 Å². The molecule has 0 fully saturated rings. The van der Waals surface area contributed by atoms with E-state index in [1.54, 1.807) is 36.8 Å². The number of hydrogen-bond acceptors (Lipinski definition) is 6. The van der Waals surface area contributed by atoms with Crippen molar-refractivity contribution in [3.8, 4) is 17.0 Å². The topological polar surface area (TPSA) is 96.0 Å². The summed E-state index contributed by atoms with van der Waals surface area (Å²) in [5, 5.41) is 3.61. The molecule has 0 aliphatic carbocycles. The molecule has 2 N–H and O–H groups in total. The Kier molecular flexibility index (Phi) is 5.06. The van der Waals surface area contributed by atoms with Crippen LogP contribution in [-0.4, -0.2) is 40.1 Å². The van der Waals surface area contributed by atoms with Crippen LogP contribution in [0.5, 0.6) is 5.75 Å². The van der Waals surface area contributed by atoms with E-state index in [0.29, 0.717) is 33.3 Å². The quantitative estimate of drug-likeness (QED) is 0.407. The standard InChI is InChI=1S/C24H19FN6O2/c1-31(2)16-7-5-15(6-8-16)29-24(32)33-22-18(25)12-28-23-21(22)17-10-19(27-13-20(17)30-23)14-4-3-9-26-11-14/h3-13H,1-2H3,(H,28,30)(H,29,32). The number of fused-ring (bicyclic) bond motifs is 3. The Balaban J connectivity index is 1.51. The molecule has 0 aliphatic heterocycles. The van der Waals surface area contributed by atoms with Gasteiger partial charge in [-0.05, 0) is 42.5 Å². The molecule has 4 heterocycles. The first-order chi connectivity index (χ1) is 16.0. The molecule has 33 heavy (non-hydrogen) atoms. The summed E-state index contributed by atoms with van der Waals surface area (Å²) in [6, 6.07) is 12.7. The third-order valence-electron chi connectivity index (χ3n) is 5.20. The lowest BCUT2D eigenvalue weighted by molar-refractivity contribution is 0.213. The summed E-state index contributed by atoms with van der Waals surface area (Å²) in [4.78, 5) is 30.3. The van der Waals surface area contributed by atoms with Crippen LogP contribution in [0.2, 0.25) is 0 Å². The highest BCUT2D eigenvalue weighted by Gasteiger charge is 2.20. The number of aromatic nitrogens is 4. The van der Waals surface area contributed by atoms with Gasteiger partial charge < -0.3 is 14.6 Å². The second-order valence-electron chi connectivity index (χ2n) is 7.60. The number of ether oxygens (including phenoxy) is 1. The van der Waals surface area contributed by atoms with Crippen molar-refractivity contribution in [3.05, 3.63) is 73.1 Å². The van der Waals surface area contributed by atoms with Crippen LogP contribution in [0.25, 0.3) is 33.2 Å². The second-order valence-corrected chi connectivity index (χ2v) is 7.60. The van der Waals surface area contributed by atoms with Crippen molar-refractivity contribution in [1.82, 2.24) is 19.9 Å². The van der Waals surface area contributed by atoms with Crippen LogP contribution in [0.4, 0.5) is 20.6 Å². The Morgan fingerprint density at radius 2 is 1.91 bits per heavy atom. The molecule has 0 aliphatic rings. The highest BCUT2D eigenvalue weighted by molar-refractivity contribution is 6.10. The smallest absolute Gasteiger partial charge is 0.406 e. The van der Waals surface area contributed by atoms with E-state index in [0.717, 1.165) is 17.4 Å². The maximum Gasteiger partial charge on any atom is 0.417 e. The molecule has 0 spiro atoms. The van der Waals surface area contributed by atoms with Crippen molar-refractivity contribution < 1.29 is 13.9 Å². The minimum Gasteiger partial charge on any atom is -0.406 e. The lowest BCUT2D eigenvalue weighted by atomic mass is 10.1. The molecule has 0 bridgehead atoms. The maximum atomic E-state index is 14.8. The molecule has 9 heteroatoms. The van der Waals surface area contributed by atoms with Gasteiger partial charge in [0.15, 0.2) is 11.6 Å². The molecular formula is C24H19FN6O2. The predicted octanol–water partition coefficient (Wildman–Crippen LogP) is 4.99. The van der Waals surface area contributed by atoms with Crippen molar-refractivity contribution >= 4 is 39.4 Å². The number of nitrogens with zero attached hydrogens (tertiary/aromatic N) is 4. The van der Waals surface area contributed by atoms with Crippen LogP contribution < -0.4 is 15.0 Å². The zero-order valence-electron chi connectivity index (χ0n) is 17.8. The molecule has 0 saturated heterocycles. The van der Waals surface area contributed by atoms with E-state index in [4.69, 9.17) is 4.74 Å². The number of pyridine rings is 3. The zero-order valence-corrected chi connectivity index (χ0v) is 17.8. The van der Waals surface area contributed by atoms with Crippen LogP contribution in [0.1, 0.15) is 0 Å². The molecule has 164 valence electrons. The summed E-state index contributed by atoms with van der Waals surface area (Å²) in [6.07, 6.45) is 5.20. The highest BCUT2D eigenvalue weighted by Crippen LogP contribution is 2.35. The first-order valence-corrected chi connectivity index (χ1v) is 10.1. The molecular weight excluding hydrogens is 423 g/mol. The number of carbonyl (C=O) groups is 1. The first kappa shape index (κ1) is 20.4. The van der Waals surface area contributed by atoms with Crippen LogP contribution in [0.3, 0.4) is 0 Å². The van der Waals surface area contributed by atoms with E-state index in [1.807, 2.05) is 43.3 Å². The van der Waals surface area contributed by atoms with Crippen LogP contribution in [0.15, 0.2) is 67.3 Å². The Hall–Kier alpha value is -4.53. The van der Waals surface area contributed by atoms with Crippen LogP contribution >= 0.6 is 0 Å². The SMILES string of the molecule is CN(C)c1ccc(NC(=O)Oc2c(F)cnc3[nH]c4cnc(-c5cccnc5)cc4c23)cc1. The summed E-state index contributed by atoms with van der Waals surface area (Å²) in [5.41, 5.74) is 3.98. The van der Waals surface area contributed by atoms with Crippen molar-refractivity contribution in [2.24, 2.45) is 0 Å². The van der Waals surface area contributed by atoms with Gasteiger partial charge in [0.2, 0.25) is 0 Å². The van der Waals surface area contributed by atoms with E-state index < -0.39 is 11.9 Å². The van der Waals surface area contributed by atoms with Gasteiger partial charge in [0.05, 0.1) is 29.0 Å². The number of aromatic amines is 1. The normalized spacial score (nSPS) is 11.0. The van der Waals surface area contributed by atoms with E-state index in [1.165, 1.54) is 0 Å². The summed E-state index contributed by atoms with van der Waals surface area (Å²) >= 11 is 0.